The maximum Gasteiger partial charge on any atom is 0.348 e. The molecule has 0 saturated heterocycles. The van der Waals surface area contributed by atoms with Crippen LogP contribution in [0.15, 0.2) is 0 Å². The van der Waals surface area contributed by atoms with Crippen molar-refractivity contribution in [2.75, 3.05) is 0 Å². The fourth-order valence-corrected chi connectivity index (χ4v) is 1.21. The molecule has 0 aromatic heterocycles. The van der Waals surface area contributed by atoms with Gasteiger partial charge in [0.15, 0.2) is 18.3 Å². The Kier molecular flexibility index (Phi) is 7.74. The quantitative estimate of drug-likeness (QED) is 0.620. The number of aliphatic carboxylic acids is 1. The van der Waals surface area contributed by atoms with Gasteiger partial charge in [0.1, 0.15) is 0 Å². The number of ether oxygens (including phenoxy) is 2. The molecular weight excluding hydrogens is 256 g/mol. The first kappa shape index (κ1) is 17.4. The lowest BCUT2D eigenvalue weighted by Crippen LogP contribution is -2.37. The van der Waals surface area contributed by atoms with Crippen LogP contribution in [0.2, 0.25) is 0 Å². The summed E-state index contributed by atoms with van der Waals surface area (Å²) in [6, 6.07) is 0. The van der Waals surface area contributed by atoms with E-state index in [9.17, 15) is 19.5 Å². The van der Waals surface area contributed by atoms with E-state index in [4.69, 9.17) is 14.6 Å². The third-order valence-corrected chi connectivity index (χ3v) is 2.46. The van der Waals surface area contributed by atoms with Gasteiger partial charge in [-0.15, -0.1) is 0 Å². The number of rotatable bonds is 8. The van der Waals surface area contributed by atoms with Crippen molar-refractivity contribution in [1.29, 1.82) is 0 Å². The highest BCUT2D eigenvalue weighted by Crippen LogP contribution is 2.08. The highest BCUT2D eigenvalue weighted by Gasteiger charge is 2.29. The number of esters is 2. The zero-order chi connectivity index (χ0) is 15.0. The van der Waals surface area contributed by atoms with Gasteiger partial charge in [0.25, 0.3) is 0 Å². The van der Waals surface area contributed by atoms with E-state index in [2.05, 4.69) is 0 Å². The minimum absolute atomic E-state index is 0.114. The second-order valence-electron chi connectivity index (χ2n) is 3.93. The van der Waals surface area contributed by atoms with E-state index in [1.807, 2.05) is 0 Å². The molecule has 0 rings (SSSR count). The summed E-state index contributed by atoms with van der Waals surface area (Å²) in [7, 11) is 0. The van der Waals surface area contributed by atoms with Gasteiger partial charge in [0.05, 0.1) is 0 Å². The molecule has 0 fully saturated rings. The number of carboxylic acid groups (broad SMARTS) is 1. The summed E-state index contributed by atoms with van der Waals surface area (Å²) >= 11 is 0. The van der Waals surface area contributed by atoms with E-state index >= 15 is 0 Å². The van der Waals surface area contributed by atoms with Gasteiger partial charge in [-0.1, -0.05) is 20.8 Å². The van der Waals surface area contributed by atoms with E-state index < -0.39 is 36.2 Å². The Morgan fingerprint density at radius 2 is 1.37 bits per heavy atom. The lowest BCUT2D eigenvalue weighted by atomic mass is 10.2. The Morgan fingerprint density at radius 3 is 1.74 bits per heavy atom. The molecule has 0 aliphatic carbocycles. The third kappa shape index (κ3) is 5.69. The van der Waals surface area contributed by atoms with Crippen molar-refractivity contribution in [1.82, 2.24) is 0 Å². The molecule has 0 aromatic carbocycles. The molecule has 110 valence electrons. The monoisotopic (exact) mass is 276 g/mol. The zero-order valence-electron chi connectivity index (χ0n) is 11.3. The summed E-state index contributed by atoms with van der Waals surface area (Å²) in [5.74, 6) is -3.10. The van der Waals surface area contributed by atoms with Gasteiger partial charge in [-0.05, 0) is 19.3 Å². The molecule has 0 heterocycles. The minimum Gasteiger partial charge on any atom is -0.479 e. The number of aliphatic hydroxyl groups excluding tert-OH is 1. The molecule has 0 radical (unpaired) electrons. The normalized spacial score (nSPS) is 15.2. The van der Waals surface area contributed by atoms with Gasteiger partial charge in [0, 0.05) is 0 Å². The molecule has 7 nitrogen and oxygen atoms in total. The molecule has 3 atom stereocenters. The predicted molar refractivity (Wildman–Crippen MR) is 64.3 cm³/mol. The van der Waals surface area contributed by atoms with Crippen molar-refractivity contribution < 1.29 is 34.1 Å². The number of hydrogen-bond donors (Lipinski definition) is 2. The summed E-state index contributed by atoms with van der Waals surface area (Å²) < 4.78 is 9.51. The van der Waals surface area contributed by atoms with Crippen molar-refractivity contribution in [2.24, 2.45) is 0 Å². The zero-order valence-corrected chi connectivity index (χ0v) is 11.3. The summed E-state index contributed by atoms with van der Waals surface area (Å²) in [5.41, 5.74) is 0. The highest BCUT2D eigenvalue weighted by molar-refractivity contribution is 5.83. The van der Waals surface area contributed by atoms with E-state index in [0.717, 1.165) is 0 Å². The van der Waals surface area contributed by atoms with E-state index in [-0.39, 0.29) is 19.3 Å². The van der Waals surface area contributed by atoms with Crippen LogP contribution in [0.1, 0.15) is 40.0 Å². The molecule has 0 unspecified atom stereocenters. The van der Waals surface area contributed by atoms with Crippen LogP contribution in [0.25, 0.3) is 0 Å². The lowest BCUT2D eigenvalue weighted by Gasteiger charge is -2.19. The maximum absolute atomic E-state index is 11.7. The van der Waals surface area contributed by atoms with Crippen LogP contribution >= 0.6 is 0 Å². The maximum atomic E-state index is 11.7. The Labute approximate surface area is 111 Å². The first-order valence-electron chi connectivity index (χ1n) is 6.19. The van der Waals surface area contributed by atoms with Crippen LogP contribution in [0.4, 0.5) is 0 Å². The molecule has 0 aliphatic heterocycles. The highest BCUT2D eigenvalue weighted by atomic mass is 16.6. The molecule has 0 amide bonds. The van der Waals surface area contributed by atoms with Crippen LogP contribution in [-0.4, -0.2) is 46.4 Å². The van der Waals surface area contributed by atoms with Crippen LogP contribution in [0.5, 0.6) is 0 Å². The fraction of sp³-hybridized carbons (Fsp3) is 0.750. The van der Waals surface area contributed by atoms with Gasteiger partial charge in [-0.2, -0.15) is 0 Å². The second kappa shape index (κ2) is 8.47. The predicted octanol–water partition coefficient (Wildman–Crippen LogP) is 0.485. The van der Waals surface area contributed by atoms with Gasteiger partial charge in [-0.25, -0.2) is 14.4 Å². The average Bonchev–Trinajstić information content (AvgIpc) is 2.39. The van der Waals surface area contributed by atoms with Crippen molar-refractivity contribution >= 4 is 17.9 Å². The fourth-order valence-electron chi connectivity index (χ4n) is 1.21. The molecule has 0 bridgehead atoms. The van der Waals surface area contributed by atoms with Crippen LogP contribution in [0, 0.1) is 0 Å². The first-order valence-corrected chi connectivity index (χ1v) is 6.19. The standard InChI is InChI=1S/C12H20O7/c1-4-7(13)11(16)19-9(6-3)12(17)18-8(5-2)10(14)15/h7-9,13H,4-6H2,1-3H3,(H,14,15)/t7-,8-,9-/m0/s1. The van der Waals surface area contributed by atoms with Gasteiger partial charge in [-0.3, -0.25) is 0 Å². The number of carboxylic acids is 1. The summed E-state index contributed by atoms with van der Waals surface area (Å²) in [6.45, 7) is 4.72. The SMILES string of the molecule is CC[C@H](OC(=O)[C@H](CC)OC(=O)[C@@H](O)CC)C(=O)O. The minimum atomic E-state index is -1.30. The number of carbonyl (C=O) groups excluding carboxylic acids is 2. The number of hydrogen-bond acceptors (Lipinski definition) is 6. The lowest BCUT2D eigenvalue weighted by molar-refractivity contribution is -0.180. The summed E-state index contributed by atoms with van der Waals surface area (Å²) in [5, 5.41) is 18.0. The van der Waals surface area contributed by atoms with Crippen molar-refractivity contribution in [2.45, 2.75) is 58.3 Å². The Bertz CT molecular complexity index is 326. The van der Waals surface area contributed by atoms with Gasteiger partial charge < -0.3 is 19.7 Å². The van der Waals surface area contributed by atoms with E-state index in [1.54, 1.807) is 20.8 Å². The first-order chi connectivity index (χ1) is 8.87. The molecule has 0 spiro atoms. The van der Waals surface area contributed by atoms with Gasteiger partial charge >= 0.3 is 17.9 Å². The third-order valence-electron chi connectivity index (χ3n) is 2.46. The smallest absolute Gasteiger partial charge is 0.348 e. The molecular formula is C12H20O7. The molecule has 0 saturated carbocycles. The number of carbonyl (C=O) groups is 3. The molecule has 19 heavy (non-hydrogen) atoms. The van der Waals surface area contributed by atoms with Crippen LogP contribution < -0.4 is 0 Å². The molecule has 0 aliphatic rings. The van der Waals surface area contributed by atoms with Crippen molar-refractivity contribution in [3.05, 3.63) is 0 Å². The van der Waals surface area contributed by atoms with Gasteiger partial charge in [0.2, 0.25) is 0 Å². The second-order valence-corrected chi connectivity index (χ2v) is 3.93. The molecule has 7 heteroatoms. The topological polar surface area (TPSA) is 110 Å². The largest absolute Gasteiger partial charge is 0.479 e. The Balaban J connectivity index is 4.56. The van der Waals surface area contributed by atoms with Crippen molar-refractivity contribution in [3.8, 4) is 0 Å². The number of aliphatic hydroxyl groups is 1. The summed E-state index contributed by atoms with van der Waals surface area (Å²) in [6.07, 6.45) is -3.36. The van der Waals surface area contributed by atoms with Crippen molar-refractivity contribution in [3.63, 3.8) is 0 Å². The molecule has 2 N–H and O–H groups in total. The Hall–Kier alpha value is -1.63. The average molecular weight is 276 g/mol. The van der Waals surface area contributed by atoms with Crippen LogP contribution in [-0.2, 0) is 23.9 Å². The Morgan fingerprint density at radius 1 is 0.895 bits per heavy atom. The van der Waals surface area contributed by atoms with E-state index in [0.29, 0.717) is 0 Å². The summed E-state index contributed by atoms with van der Waals surface area (Å²) in [4.78, 5) is 33.7. The van der Waals surface area contributed by atoms with Crippen LogP contribution in [0.3, 0.4) is 0 Å². The van der Waals surface area contributed by atoms with E-state index in [1.165, 1.54) is 0 Å². The molecule has 0 aromatic rings.